The summed E-state index contributed by atoms with van der Waals surface area (Å²) in [4.78, 5) is 3.93. The molecular formula is C15H15ClF2N2. The molecule has 1 aromatic carbocycles. The van der Waals surface area contributed by atoms with Crippen LogP contribution in [-0.4, -0.2) is 18.1 Å². The molecule has 0 saturated carbocycles. The Bertz CT molecular complexity index is 570. The number of nitrogens with one attached hydrogen (secondary N) is 1. The largest absolute Gasteiger partial charge is 0.316 e. The first-order chi connectivity index (χ1) is 9.58. The van der Waals surface area contributed by atoms with Crippen LogP contribution in [-0.2, 0) is 12.8 Å². The van der Waals surface area contributed by atoms with E-state index in [4.69, 9.17) is 11.6 Å². The number of halogens is 3. The molecule has 1 N–H and O–H groups in total. The van der Waals surface area contributed by atoms with Gasteiger partial charge in [-0.3, -0.25) is 4.98 Å². The first kappa shape index (κ1) is 14.9. The Hall–Kier alpha value is -1.52. The highest BCUT2D eigenvalue weighted by Gasteiger charge is 2.12. The van der Waals surface area contributed by atoms with Crippen molar-refractivity contribution in [2.75, 3.05) is 7.05 Å². The second kappa shape index (κ2) is 6.77. The number of benzene rings is 1. The number of nitrogens with zero attached hydrogens (tertiary/aromatic N) is 1. The van der Waals surface area contributed by atoms with Crippen molar-refractivity contribution < 1.29 is 8.78 Å². The van der Waals surface area contributed by atoms with Crippen LogP contribution in [0.5, 0.6) is 0 Å². The Morgan fingerprint density at radius 2 is 1.90 bits per heavy atom. The third-order valence-electron chi connectivity index (χ3n) is 3.14. The summed E-state index contributed by atoms with van der Waals surface area (Å²) >= 11 is 6.07. The smallest absolute Gasteiger partial charge is 0.126 e. The van der Waals surface area contributed by atoms with Gasteiger partial charge in [0.05, 0.1) is 5.02 Å². The highest BCUT2D eigenvalue weighted by Crippen LogP contribution is 2.17. The number of pyridine rings is 1. The Morgan fingerprint density at radius 3 is 2.50 bits per heavy atom. The number of hydrogen-bond donors (Lipinski definition) is 1. The lowest BCUT2D eigenvalue weighted by atomic mass is 9.99. The molecule has 2 aromatic rings. The van der Waals surface area contributed by atoms with E-state index in [2.05, 4.69) is 10.3 Å². The Morgan fingerprint density at radius 1 is 1.20 bits per heavy atom. The third-order valence-corrected chi connectivity index (χ3v) is 3.48. The number of hydrogen-bond acceptors (Lipinski definition) is 2. The molecule has 2 nitrogen and oxygen atoms in total. The molecule has 0 amide bonds. The van der Waals surface area contributed by atoms with Crippen molar-refractivity contribution in [2.24, 2.45) is 0 Å². The van der Waals surface area contributed by atoms with Crippen LogP contribution in [0.3, 0.4) is 0 Å². The molecule has 2 rings (SSSR count). The highest BCUT2D eigenvalue weighted by atomic mass is 35.5. The van der Waals surface area contributed by atoms with Crippen molar-refractivity contribution >= 4 is 11.6 Å². The van der Waals surface area contributed by atoms with Gasteiger partial charge in [0.1, 0.15) is 11.6 Å². The maximum Gasteiger partial charge on any atom is 0.126 e. The fourth-order valence-corrected chi connectivity index (χ4v) is 2.32. The summed E-state index contributed by atoms with van der Waals surface area (Å²) in [5.74, 6) is -1.12. The molecule has 1 unspecified atom stereocenters. The minimum atomic E-state index is -0.559. The summed E-state index contributed by atoms with van der Waals surface area (Å²) in [6, 6.07) is 5.45. The van der Waals surface area contributed by atoms with Crippen LogP contribution in [0.4, 0.5) is 8.78 Å². The molecule has 0 spiro atoms. The van der Waals surface area contributed by atoms with E-state index < -0.39 is 11.6 Å². The van der Waals surface area contributed by atoms with Gasteiger partial charge >= 0.3 is 0 Å². The second-order valence-electron chi connectivity index (χ2n) is 4.64. The first-order valence-electron chi connectivity index (χ1n) is 6.29. The van der Waals surface area contributed by atoms with Crippen molar-refractivity contribution in [1.29, 1.82) is 0 Å². The van der Waals surface area contributed by atoms with Crippen LogP contribution in [0, 0.1) is 11.6 Å². The first-order valence-corrected chi connectivity index (χ1v) is 6.67. The van der Waals surface area contributed by atoms with Gasteiger partial charge in [-0.1, -0.05) is 11.6 Å². The maximum atomic E-state index is 13.2. The highest BCUT2D eigenvalue weighted by molar-refractivity contribution is 6.31. The molecule has 0 saturated heterocycles. The van der Waals surface area contributed by atoms with Crippen LogP contribution in [0.1, 0.15) is 11.1 Å². The number of rotatable bonds is 5. The topological polar surface area (TPSA) is 24.9 Å². The van der Waals surface area contributed by atoms with E-state index in [1.807, 2.05) is 13.1 Å². The summed E-state index contributed by atoms with van der Waals surface area (Å²) in [5.41, 5.74) is 1.57. The van der Waals surface area contributed by atoms with Gasteiger partial charge < -0.3 is 5.32 Å². The standard InChI is InChI=1S/C15H15ClF2N2/c1-19-14(7-11-2-3-20-9-15(11)16)6-10-4-12(17)8-13(18)5-10/h2-5,8-9,14,19H,6-7H2,1H3. The zero-order valence-corrected chi connectivity index (χ0v) is 11.8. The maximum absolute atomic E-state index is 13.2. The molecule has 1 atom stereocenters. The monoisotopic (exact) mass is 296 g/mol. The van der Waals surface area contributed by atoms with Crippen molar-refractivity contribution in [3.8, 4) is 0 Å². The molecule has 5 heteroatoms. The normalized spacial score (nSPS) is 12.4. The van der Waals surface area contributed by atoms with E-state index in [-0.39, 0.29) is 6.04 Å². The van der Waals surface area contributed by atoms with Crippen LogP contribution >= 0.6 is 11.6 Å². The lowest BCUT2D eigenvalue weighted by Gasteiger charge is -2.17. The fourth-order valence-electron chi connectivity index (χ4n) is 2.12. The van der Waals surface area contributed by atoms with E-state index in [0.29, 0.717) is 23.4 Å². The lowest BCUT2D eigenvalue weighted by Crippen LogP contribution is -2.30. The predicted octanol–water partition coefficient (Wildman–Crippen LogP) is 3.39. The molecule has 1 aromatic heterocycles. The molecule has 20 heavy (non-hydrogen) atoms. The van der Waals surface area contributed by atoms with Crippen LogP contribution < -0.4 is 5.32 Å². The van der Waals surface area contributed by atoms with Crippen LogP contribution in [0.15, 0.2) is 36.7 Å². The van der Waals surface area contributed by atoms with E-state index >= 15 is 0 Å². The van der Waals surface area contributed by atoms with E-state index in [1.54, 1.807) is 12.4 Å². The molecule has 1 heterocycles. The summed E-state index contributed by atoms with van der Waals surface area (Å²) in [7, 11) is 1.81. The zero-order chi connectivity index (χ0) is 14.5. The molecule has 106 valence electrons. The molecule has 0 aliphatic heterocycles. The van der Waals surface area contributed by atoms with Crippen molar-refractivity contribution in [3.05, 3.63) is 64.4 Å². The van der Waals surface area contributed by atoms with Gasteiger partial charge in [-0.2, -0.15) is 0 Å². The molecule has 0 aliphatic rings. The summed E-state index contributed by atoms with van der Waals surface area (Å²) in [6.45, 7) is 0. The van der Waals surface area contributed by atoms with Gasteiger partial charge in [0.25, 0.3) is 0 Å². The van der Waals surface area contributed by atoms with E-state index in [0.717, 1.165) is 11.6 Å². The second-order valence-corrected chi connectivity index (χ2v) is 5.05. The van der Waals surface area contributed by atoms with Crippen molar-refractivity contribution in [2.45, 2.75) is 18.9 Å². The Kier molecular flexibility index (Phi) is 5.04. The van der Waals surface area contributed by atoms with Gasteiger partial charge in [0, 0.05) is 24.5 Å². The zero-order valence-electron chi connectivity index (χ0n) is 11.0. The quantitative estimate of drug-likeness (QED) is 0.915. The summed E-state index contributed by atoms with van der Waals surface area (Å²) in [5, 5.41) is 3.74. The van der Waals surface area contributed by atoms with Crippen molar-refractivity contribution in [1.82, 2.24) is 10.3 Å². The minimum Gasteiger partial charge on any atom is -0.316 e. The van der Waals surface area contributed by atoms with Crippen LogP contribution in [0.25, 0.3) is 0 Å². The Balaban J connectivity index is 2.11. The average Bonchev–Trinajstić information content (AvgIpc) is 2.39. The Labute approximate surface area is 121 Å². The molecule has 0 aliphatic carbocycles. The average molecular weight is 297 g/mol. The SMILES string of the molecule is CNC(Cc1cc(F)cc(F)c1)Cc1ccncc1Cl. The number of likely N-dealkylation sites (N-methyl/N-ethyl adjacent to an activating group) is 1. The van der Waals surface area contributed by atoms with Crippen molar-refractivity contribution in [3.63, 3.8) is 0 Å². The number of aromatic nitrogens is 1. The predicted molar refractivity (Wildman–Crippen MR) is 75.9 cm³/mol. The minimum absolute atomic E-state index is 0.0381. The lowest BCUT2D eigenvalue weighted by molar-refractivity contribution is 0.543. The van der Waals surface area contributed by atoms with Crippen LogP contribution in [0.2, 0.25) is 5.02 Å². The summed E-state index contributed by atoms with van der Waals surface area (Å²) in [6.07, 6.45) is 4.45. The van der Waals surface area contributed by atoms with E-state index in [1.165, 1.54) is 12.1 Å². The van der Waals surface area contributed by atoms with Gasteiger partial charge in [0.15, 0.2) is 0 Å². The van der Waals surface area contributed by atoms with Gasteiger partial charge in [-0.15, -0.1) is 0 Å². The molecular weight excluding hydrogens is 282 g/mol. The molecule has 0 fully saturated rings. The molecule has 0 radical (unpaired) electrons. The van der Waals surface area contributed by atoms with Gasteiger partial charge in [-0.05, 0) is 49.2 Å². The summed E-state index contributed by atoms with van der Waals surface area (Å²) < 4.78 is 26.4. The molecule has 0 bridgehead atoms. The van der Waals surface area contributed by atoms with E-state index in [9.17, 15) is 8.78 Å². The third kappa shape index (κ3) is 3.99. The fraction of sp³-hybridized carbons (Fsp3) is 0.267. The van der Waals surface area contributed by atoms with Gasteiger partial charge in [-0.25, -0.2) is 8.78 Å². The van der Waals surface area contributed by atoms with Gasteiger partial charge in [0.2, 0.25) is 0 Å².